The van der Waals surface area contributed by atoms with Crippen molar-refractivity contribution in [3.63, 3.8) is 0 Å². The van der Waals surface area contributed by atoms with E-state index in [0.717, 1.165) is 40.0 Å². The van der Waals surface area contributed by atoms with Gasteiger partial charge >= 0.3 is 0 Å². The molecule has 7 nitrogen and oxygen atoms in total. The Morgan fingerprint density at radius 1 is 1.43 bits per heavy atom. The van der Waals surface area contributed by atoms with E-state index in [1.807, 2.05) is 29.6 Å². The standard InChI is InChI=1S/C23H27BrCl2N6OS2/c1-16(10-21(26)34-15-25)35(2,33)31-8-5-18(6-9-31)20-11-22(28-13-17-4-3-7-27-12-17)32-23(30-20)19(24)14-29-32/h3-4,7,10-12,14,16,18,28H,2,5-6,8-9,13,15H2,1H3/b21-10-. The molecule has 0 bridgehead atoms. The number of nitrogens with zero attached hydrogens (tertiary/aromatic N) is 5. The molecule has 0 aliphatic carbocycles. The second-order valence-electron chi connectivity index (χ2n) is 8.33. The Bertz CT molecular complexity index is 1290. The summed E-state index contributed by atoms with van der Waals surface area (Å²) in [5.41, 5.74) is 2.85. The fourth-order valence-corrected chi connectivity index (χ4v) is 7.51. The van der Waals surface area contributed by atoms with Gasteiger partial charge in [-0.15, -0.1) is 11.6 Å². The summed E-state index contributed by atoms with van der Waals surface area (Å²) in [4.78, 5) is 9.09. The van der Waals surface area contributed by atoms with Crippen molar-refractivity contribution in [2.75, 3.05) is 23.6 Å². The van der Waals surface area contributed by atoms with Gasteiger partial charge in [-0.3, -0.25) is 9.19 Å². The number of piperidine rings is 1. The van der Waals surface area contributed by atoms with Crippen molar-refractivity contribution in [3.05, 3.63) is 63.0 Å². The molecule has 2 unspecified atom stereocenters. The third-order valence-electron chi connectivity index (χ3n) is 6.09. The van der Waals surface area contributed by atoms with Crippen LogP contribution in [0.5, 0.6) is 0 Å². The Hall–Kier alpha value is -1.30. The average Bonchev–Trinajstić information content (AvgIpc) is 3.24. The summed E-state index contributed by atoms with van der Waals surface area (Å²) < 4.78 is 18.7. The van der Waals surface area contributed by atoms with Crippen LogP contribution in [0.25, 0.3) is 5.65 Å². The Morgan fingerprint density at radius 2 is 2.20 bits per heavy atom. The molecular weight excluding hydrogens is 591 g/mol. The Morgan fingerprint density at radius 3 is 2.89 bits per heavy atom. The molecular formula is C23H27BrCl2N6OS2. The number of anilines is 1. The van der Waals surface area contributed by atoms with E-state index >= 15 is 0 Å². The van der Waals surface area contributed by atoms with Gasteiger partial charge in [0, 0.05) is 59.4 Å². The highest BCUT2D eigenvalue weighted by atomic mass is 79.9. The lowest BCUT2D eigenvalue weighted by Gasteiger charge is -2.35. The molecule has 0 saturated carbocycles. The van der Waals surface area contributed by atoms with E-state index in [-0.39, 0.29) is 11.2 Å². The van der Waals surface area contributed by atoms with Crippen LogP contribution in [0.1, 0.15) is 36.9 Å². The van der Waals surface area contributed by atoms with E-state index in [0.29, 0.717) is 29.2 Å². The van der Waals surface area contributed by atoms with Gasteiger partial charge in [-0.2, -0.15) is 9.61 Å². The zero-order valence-corrected chi connectivity index (χ0v) is 24.0. The molecule has 1 aliphatic heterocycles. The monoisotopic (exact) mass is 616 g/mol. The van der Waals surface area contributed by atoms with Gasteiger partial charge in [0.25, 0.3) is 0 Å². The minimum absolute atomic E-state index is 0.244. The van der Waals surface area contributed by atoms with E-state index in [2.05, 4.69) is 43.3 Å². The molecule has 12 heteroatoms. The first-order valence-corrected chi connectivity index (χ1v) is 15.6. The molecule has 1 N–H and O–H groups in total. The van der Waals surface area contributed by atoms with Crippen molar-refractivity contribution < 1.29 is 4.21 Å². The van der Waals surface area contributed by atoms with E-state index in [1.165, 1.54) is 11.8 Å². The van der Waals surface area contributed by atoms with Crippen molar-refractivity contribution in [2.45, 2.75) is 37.5 Å². The zero-order chi connectivity index (χ0) is 25.0. The summed E-state index contributed by atoms with van der Waals surface area (Å²) in [6.45, 7) is 3.88. The highest BCUT2D eigenvalue weighted by Crippen LogP contribution is 2.32. The average molecular weight is 618 g/mol. The van der Waals surface area contributed by atoms with E-state index < -0.39 is 9.71 Å². The molecule has 0 amide bonds. The van der Waals surface area contributed by atoms with Crippen LogP contribution in [0.3, 0.4) is 0 Å². The fourth-order valence-electron chi connectivity index (χ4n) is 4.07. The SMILES string of the molecule is C=S(=O)(C(C)/C=C(/Cl)SCCl)N1CCC(c2cc(NCc3cccnc3)n3ncc(Br)c3n2)CC1. The molecule has 35 heavy (non-hydrogen) atoms. The van der Waals surface area contributed by atoms with Gasteiger partial charge in [-0.1, -0.05) is 29.4 Å². The maximum atomic E-state index is 13.5. The number of pyridine rings is 1. The van der Waals surface area contributed by atoms with Gasteiger partial charge in [-0.25, -0.2) is 9.29 Å². The largest absolute Gasteiger partial charge is 0.366 e. The maximum Gasteiger partial charge on any atom is 0.171 e. The Kier molecular flexibility index (Phi) is 9.04. The summed E-state index contributed by atoms with van der Waals surface area (Å²) in [6.07, 6.45) is 8.83. The lowest BCUT2D eigenvalue weighted by atomic mass is 9.94. The maximum absolute atomic E-state index is 13.5. The highest BCUT2D eigenvalue weighted by molar-refractivity contribution is 9.10. The molecule has 1 fully saturated rings. The number of rotatable bonds is 9. The minimum Gasteiger partial charge on any atom is -0.366 e. The molecule has 188 valence electrons. The van der Waals surface area contributed by atoms with Crippen LogP contribution in [0.4, 0.5) is 5.82 Å². The summed E-state index contributed by atoms with van der Waals surface area (Å²) >= 11 is 16.8. The van der Waals surface area contributed by atoms with Crippen molar-refractivity contribution in [3.8, 4) is 0 Å². The number of nitrogens with one attached hydrogen (secondary N) is 1. The van der Waals surface area contributed by atoms with Gasteiger partial charge in [-0.05, 0) is 59.3 Å². The molecule has 1 saturated heterocycles. The number of aromatic nitrogens is 4. The van der Waals surface area contributed by atoms with Crippen LogP contribution in [0, 0.1) is 0 Å². The third-order valence-corrected chi connectivity index (χ3v) is 10.5. The lowest BCUT2D eigenvalue weighted by Crippen LogP contribution is -2.41. The van der Waals surface area contributed by atoms with Crippen LogP contribution < -0.4 is 5.32 Å². The topological polar surface area (TPSA) is 75.4 Å². The predicted molar refractivity (Wildman–Crippen MR) is 153 cm³/mol. The van der Waals surface area contributed by atoms with Gasteiger partial charge in [0.05, 0.1) is 25.5 Å². The van der Waals surface area contributed by atoms with Crippen molar-refractivity contribution in [2.24, 2.45) is 0 Å². The molecule has 2 atom stereocenters. The van der Waals surface area contributed by atoms with Crippen LogP contribution >= 0.6 is 50.9 Å². The van der Waals surface area contributed by atoms with Gasteiger partial charge in [0.2, 0.25) is 0 Å². The van der Waals surface area contributed by atoms with E-state index in [1.54, 1.807) is 23.0 Å². The van der Waals surface area contributed by atoms with Gasteiger partial charge < -0.3 is 5.32 Å². The first-order valence-electron chi connectivity index (χ1n) is 11.1. The number of hydrogen-bond acceptors (Lipinski definition) is 6. The summed E-state index contributed by atoms with van der Waals surface area (Å²) in [5, 5.41) is 8.02. The normalized spacial score (nSPS) is 18.5. The molecule has 0 radical (unpaired) electrons. The summed E-state index contributed by atoms with van der Waals surface area (Å²) in [5.74, 6) is 5.19. The smallest absolute Gasteiger partial charge is 0.171 e. The molecule has 3 aromatic rings. The van der Waals surface area contributed by atoms with Crippen molar-refractivity contribution in [1.29, 1.82) is 0 Å². The Balaban J connectivity index is 1.50. The fraction of sp³-hybridized carbons (Fsp3) is 0.391. The summed E-state index contributed by atoms with van der Waals surface area (Å²) in [7, 11) is -2.51. The molecule has 0 aromatic carbocycles. The lowest BCUT2D eigenvalue weighted by molar-refractivity contribution is 0.329. The van der Waals surface area contributed by atoms with E-state index in [4.69, 9.17) is 28.2 Å². The van der Waals surface area contributed by atoms with Crippen molar-refractivity contribution in [1.82, 2.24) is 23.9 Å². The molecule has 3 aromatic heterocycles. The minimum atomic E-state index is -2.51. The first kappa shape index (κ1) is 26.8. The number of halogens is 3. The number of thioether (sulfide) groups is 1. The second-order valence-corrected chi connectivity index (χ2v) is 14.1. The molecule has 4 heterocycles. The summed E-state index contributed by atoms with van der Waals surface area (Å²) in [6, 6.07) is 6.02. The zero-order valence-electron chi connectivity index (χ0n) is 19.2. The molecule has 4 rings (SSSR count). The van der Waals surface area contributed by atoms with Gasteiger partial charge in [0.1, 0.15) is 5.82 Å². The van der Waals surface area contributed by atoms with Crippen LogP contribution in [0.2, 0.25) is 0 Å². The quantitative estimate of drug-likeness (QED) is 0.245. The molecule has 0 spiro atoms. The van der Waals surface area contributed by atoms with E-state index in [9.17, 15) is 4.21 Å². The second kappa shape index (κ2) is 11.8. The predicted octanol–water partition coefficient (Wildman–Crippen LogP) is 5.71. The van der Waals surface area contributed by atoms with Gasteiger partial charge in [0.15, 0.2) is 5.65 Å². The third kappa shape index (κ3) is 6.34. The van der Waals surface area contributed by atoms with Crippen LogP contribution in [-0.4, -0.2) is 57.5 Å². The molecule has 1 aliphatic rings. The first-order chi connectivity index (χ1) is 16.8. The highest BCUT2D eigenvalue weighted by Gasteiger charge is 2.29. The van der Waals surface area contributed by atoms with Crippen molar-refractivity contribution >= 4 is 77.9 Å². The Labute approximate surface area is 229 Å². The van der Waals surface area contributed by atoms with Crippen LogP contribution in [-0.2, 0) is 16.3 Å². The number of alkyl halides is 1. The number of fused-ring (bicyclic) bond motifs is 1. The van der Waals surface area contributed by atoms with Crippen LogP contribution in [0.15, 0.2) is 51.7 Å². The number of hydrogen-bond donors (Lipinski definition) is 1.